The molecule has 0 unspecified atom stereocenters. The van der Waals surface area contributed by atoms with Crippen LogP contribution in [0.15, 0.2) is 12.1 Å². The Bertz CT molecular complexity index is 899. The molecule has 1 aromatic heterocycles. The summed E-state index contributed by atoms with van der Waals surface area (Å²) in [6, 6.07) is 3.64. The minimum Gasteiger partial charge on any atom is -0.493 e. The number of hydrogen-bond acceptors (Lipinski definition) is 6. The molecule has 0 amide bonds. The molecule has 2 aromatic rings. The Balaban J connectivity index is 1.42. The number of alkyl halides is 2. The van der Waals surface area contributed by atoms with Gasteiger partial charge in [-0.15, -0.1) is 0 Å². The molecular formula is C22H28ClF2N3O3. The first-order chi connectivity index (χ1) is 14.9. The fourth-order valence-corrected chi connectivity index (χ4v) is 4.34. The topological polar surface area (TPSA) is 56.7 Å². The van der Waals surface area contributed by atoms with Crippen molar-refractivity contribution in [1.29, 1.82) is 0 Å². The molecule has 2 fully saturated rings. The monoisotopic (exact) mass is 455 g/mol. The summed E-state index contributed by atoms with van der Waals surface area (Å²) in [5.41, 5.74) is 0.718. The van der Waals surface area contributed by atoms with E-state index >= 15 is 0 Å². The highest BCUT2D eigenvalue weighted by atomic mass is 35.5. The van der Waals surface area contributed by atoms with Crippen molar-refractivity contribution in [2.24, 2.45) is 0 Å². The summed E-state index contributed by atoms with van der Waals surface area (Å²) >= 11 is 6.46. The molecule has 170 valence electrons. The second-order valence-electron chi connectivity index (χ2n) is 8.18. The maximum Gasteiger partial charge on any atom is 0.250 e. The third-order valence-corrected chi connectivity index (χ3v) is 6.29. The maximum atomic E-state index is 13.3. The van der Waals surface area contributed by atoms with Gasteiger partial charge in [-0.05, 0) is 25.3 Å². The molecule has 0 spiro atoms. The smallest absolute Gasteiger partial charge is 0.250 e. The minimum atomic E-state index is -2.52. The van der Waals surface area contributed by atoms with Crippen molar-refractivity contribution in [1.82, 2.24) is 14.9 Å². The van der Waals surface area contributed by atoms with Crippen LogP contribution in [0.2, 0.25) is 5.15 Å². The summed E-state index contributed by atoms with van der Waals surface area (Å²) in [6.07, 6.45) is 2.36. The Morgan fingerprint density at radius 1 is 1.16 bits per heavy atom. The Labute approximate surface area is 185 Å². The third kappa shape index (κ3) is 5.54. The van der Waals surface area contributed by atoms with Gasteiger partial charge >= 0.3 is 0 Å². The first kappa shape index (κ1) is 22.4. The maximum absolute atomic E-state index is 13.3. The van der Waals surface area contributed by atoms with E-state index in [0.29, 0.717) is 49.6 Å². The first-order valence-electron chi connectivity index (χ1n) is 10.8. The first-order valence-corrected chi connectivity index (χ1v) is 11.2. The minimum absolute atomic E-state index is 0.0672. The van der Waals surface area contributed by atoms with Crippen molar-refractivity contribution in [2.45, 2.75) is 43.9 Å². The van der Waals surface area contributed by atoms with E-state index in [2.05, 4.69) is 9.88 Å². The van der Waals surface area contributed by atoms with Crippen molar-refractivity contribution in [2.75, 3.05) is 46.6 Å². The van der Waals surface area contributed by atoms with Gasteiger partial charge < -0.3 is 19.1 Å². The van der Waals surface area contributed by atoms with E-state index in [9.17, 15) is 8.78 Å². The molecule has 0 atom stereocenters. The number of piperidine rings is 1. The van der Waals surface area contributed by atoms with E-state index in [4.69, 9.17) is 30.8 Å². The van der Waals surface area contributed by atoms with Crippen LogP contribution in [0.3, 0.4) is 0 Å². The molecule has 6 nitrogen and oxygen atoms in total. The van der Waals surface area contributed by atoms with E-state index < -0.39 is 5.92 Å². The number of benzene rings is 1. The van der Waals surface area contributed by atoms with Crippen LogP contribution in [0.4, 0.5) is 8.78 Å². The highest BCUT2D eigenvalue weighted by Gasteiger charge is 2.33. The molecule has 3 heterocycles. The highest BCUT2D eigenvalue weighted by Crippen LogP contribution is 2.36. The summed E-state index contributed by atoms with van der Waals surface area (Å²) in [5, 5.41) is 1.12. The zero-order valence-corrected chi connectivity index (χ0v) is 18.5. The zero-order valence-electron chi connectivity index (χ0n) is 17.7. The number of nitrogens with zero attached hydrogens (tertiary/aromatic N) is 3. The number of hydrogen-bond donors (Lipinski definition) is 0. The van der Waals surface area contributed by atoms with Crippen LogP contribution < -0.4 is 9.47 Å². The molecule has 0 bridgehead atoms. The quantitative estimate of drug-likeness (QED) is 0.446. The Kier molecular flexibility index (Phi) is 7.08. The van der Waals surface area contributed by atoms with Crippen LogP contribution in [-0.4, -0.2) is 67.4 Å². The number of ether oxygens (including phenoxy) is 3. The number of fused-ring (bicyclic) bond motifs is 1. The molecule has 1 aromatic carbocycles. The Morgan fingerprint density at radius 2 is 1.90 bits per heavy atom. The lowest BCUT2D eigenvalue weighted by atomic mass is 9.99. The molecular weight excluding hydrogens is 428 g/mol. The summed E-state index contributed by atoms with van der Waals surface area (Å²) < 4.78 is 43.4. The third-order valence-electron chi connectivity index (χ3n) is 6.00. The van der Waals surface area contributed by atoms with Crippen molar-refractivity contribution < 1.29 is 23.0 Å². The molecule has 0 N–H and O–H groups in total. The summed E-state index contributed by atoms with van der Waals surface area (Å²) in [7, 11) is 1.58. The fourth-order valence-electron chi connectivity index (χ4n) is 4.10. The van der Waals surface area contributed by atoms with Crippen LogP contribution in [0.1, 0.15) is 43.8 Å². The number of methoxy groups -OCH3 is 1. The molecule has 0 radical (unpaired) electrons. The summed E-state index contributed by atoms with van der Waals surface area (Å²) in [5.74, 6) is -0.391. The fraction of sp³-hybridized carbons (Fsp3) is 0.636. The molecule has 0 aliphatic carbocycles. The summed E-state index contributed by atoms with van der Waals surface area (Å²) in [6.45, 7) is 3.45. The van der Waals surface area contributed by atoms with Crippen molar-refractivity contribution in [3.05, 3.63) is 23.1 Å². The SMILES string of the molecule is COc1cc2c(Cl)nc(C3CCOCC3)nc2cc1OCCCN1CCC(F)(F)CC1. The van der Waals surface area contributed by atoms with E-state index in [1.54, 1.807) is 13.2 Å². The second kappa shape index (κ2) is 9.79. The van der Waals surface area contributed by atoms with Crippen LogP contribution in [0, 0.1) is 0 Å². The van der Waals surface area contributed by atoms with Gasteiger partial charge in [0, 0.05) is 63.1 Å². The second-order valence-corrected chi connectivity index (χ2v) is 8.54. The Hall–Kier alpha value is -1.77. The summed E-state index contributed by atoms with van der Waals surface area (Å²) in [4.78, 5) is 11.3. The van der Waals surface area contributed by atoms with Crippen molar-refractivity contribution in [3.63, 3.8) is 0 Å². The van der Waals surface area contributed by atoms with Crippen molar-refractivity contribution >= 4 is 22.5 Å². The number of likely N-dealkylation sites (tertiary alicyclic amines) is 1. The van der Waals surface area contributed by atoms with E-state index in [-0.39, 0.29) is 18.8 Å². The van der Waals surface area contributed by atoms with Gasteiger partial charge in [0.2, 0.25) is 0 Å². The van der Waals surface area contributed by atoms with Gasteiger partial charge in [-0.25, -0.2) is 18.7 Å². The van der Waals surface area contributed by atoms with Crippen molar-refractivity contribution in [3.8, 4) is 11.5 Å². The molecule has 4 rings (SSSR count). The Morgan fingerprint density at radius 3 is 2.61 bits per heavy atom. The normalized spacial score (nSPS) is 20.1. The lowest BCUT2D eigenvalue weighted by Gasteiger charge is -2.31. The number of rotatable bonds is 7. The molecule has 2 saturated heterocycles. The van der Waals surface area contributed by atoms with Gasteiger partial charge in [0.05, 0.1) is 19.2 Å². The number of halogens is 3. The van der Waals surface area contributed by atoms with Gasteiger partial charge in [-0.1, -0.05) is 11.6 Å². The molecule has 2 aliphatic rings. The predicted octanol–water partition coefficient (Wildman–Crippen LogP) is 4.69. The van der Waals surface area contributed by atoms with E-state index in [1.165, 1.54) is 0 Å². The zero-order chi connectivity index (χ0) is 21.8. The largest absolute Gasteiger partial charge is 0.493 e. The van der Waals surface area contributed by atoms with Crippen LogP contribution in [-0.2, 0) is 4.74 Å². The van der Waals surface area contributed by atoms with Gasteiger partial charge in [-0.2, -0.15) is 0 Å². The van der Waals surface area contributed by atoms with Gasteiger partial charge in [0.1, 0.15) is 11.0 Å². The van der Waals surface area contributed by atoms with Crippen LogP contribution >= 0.6 is 11.6 Å². The van der Waals surface area contributed by atoms with Gasteiger partial charge in [0.25, 0.3) is 5.92 Å². The van der Waals surface area contributed by atoms with E-state index in [0.717, 1.165) is 42.5 Å². The standard InChI is InChI=1S/C22H28ClF2N3O3/c1-29-18-13-16-17(26-21(27-20(16)23)15-3-11-30-12-4-15)14-19(18)31-10-2-7-28-8-5-22(24,25)6-9-28/h13-15H,2-12H2,1H3. The molecule has 2 aliphatic heterocycles. The predicted molar refractivity (Wildman–Crippen MR) is 115 cm³/mol. The average Bonchev–Trinajstić information content (AvgIpc) is 2.77. The van der Waals surface area contributed by atoms with E-state index in [1.807, 2.05) is 6.07 Å². The average molecular weight is 456 g/mol. The molecule has 9 heteroatoms. The highest BCUT2D eigenvalue weighted by molar-refractivity contribution is 6.34. The van der Waals surface area contributed by atoms with Gasteiger partial charge in [-0.3, -0.25) is 0 Å². The molecule has 0 saturated carbocycles. The lowest BCUT2D eigenvalue weighted by molar-refractivity contribution is -0.0554. The van der Waals surface area contributed by atoms with Crippen LogP contribution in [0.25, 0.3) is 10.9 Å². The molecule has 31 heavy (non-hydrogen) atoms. The van der Waals surface area contributed by atoms with Gasteiger partial charge in [0.15, 0.2) is 11.5 Å². The van der Waals surface area contributed by atoms with Crippen LogP contribution in [0.5, 0.6) is 11.5 Å². The number of aromatic nitrogens is 2. The lowest BCUT2D eigenvalue weighted by Crippen LogP contribution is -2.40.